The molecule has 0 aromatic heterocycles. The van der Waals surface area contributed by atoms with Crippen LogP contribution in [0.3, 0.4) is 0 Å². The third-order valence-corrected chi connectivity index (χ3v) is 0.403. The first kappa shape index (κ1) is 11.1. The summed E-state index contributed by atoms with van der Waals surface area (Å²) in [5.74, 6) is -1.75. The molecule has 0 aromatic carbocycles. The maximum absolute atomic E-state index is 11.3. The summed E-state index contributed by atoms with van der Waals surface area (Å²) in [7, 11) is 0. The van der Waals surface area contributed by atoms with Crippen molar-refractivity contribution in [1.29, 1.82) is 0 Å². The van der Waals surface area contributed by atoms with E-state index in [4.69, 9.17) is 5.11 Å². The average Bonchev–Trinajstić information content (AvgIpc) is 1.65. The van der Waals surface area contributed by atoms with Crippen LogP contribution in [-0.2, 0) is 4.79 Å². The molecule has 0 heterocycles. The molecule has 0 bridgehead atoms. The van der Waals surface area contributed by atoms with E-state index in [-0.39, 0.29) is 27.3 Å². The summed E-state index contributed by atoms with van der Waals surface area (Å²) in [5.41, 5.74) is 0. The fraction of sp³-hybridized carbons (Fsp3) is 0.667. The van der Waals surface area contributed by atoms with Gasteiger partial charge in [0, 0.05) is 27.3 Å². The van der Waals surface area contributed by atoms with Crippen molar-refractivity contribution in [2.24, 2.45) is 0 Å². The van der Waals surface area contributed by atoms with Crippen LogP contribution in [0, 0.1) is 0 Å². The number of halogens is 2. The monoisotopic (exact) mass is 315 g/mol. The number of hydrogen-bond donors (Lipinski definition) is 1. The van der Waals surface area contributed by atoms with Crippen LogP contribution in [0.15, 0.2) is 0 Å². The summed E-state index contributed by atoms with van der Waals surface area (Å²) >= 11 is 0. The minimum absolute atomic E-state index is 0. The molecule has 0 aromatic rings. The molecule has 0 fully saturated rings. The van der Waals surface area contributed by atoms with E-state index in [9.17, 15) is 13.6 Å². The van der Waals surface area contributed by atoms with Crippen molar-refractivity contribution in [3.63, 3.8) is 0 Å². The topological polar surface area (TPSA) is 37.3 Å². The van der Waals surface area contributed by atoms with E-state index in [0.29, 0.717) is 0 Å². The van der Waals surface area contributed by atoms with Crippen molar-refractivity contribution in [2.45, 2.75) is 6.17 Å². The molecular formula is C3H4F2O2Tl. The van der Waals surface area contributed by atoms with Crippen molar-refractivity contribution in [3.8, 4) is 0 Å². The van der Waals surface area contributed by atoms with Crippen molar-refractivity contribution < 1.29 is 18.7 Å². The molecule has 2 nitrogen and oxygen atoms in total. The van der Waals surface area contributed by atoms with Crippen LogP contribution in [0.2, 0.25) is 0 Å². The van der Waals surface area contributed by atoms with Crippen LogP contribution in [-0.4, -0.2) is 51.2 Å². The predicted molar refractivity (Wildman–Crippen MR) is 24.3 cm³/mol. The normalized spacial score (nSPS) is 11.8. The van der Waals surface area contributed by atoms with Crippen molar-refractivity contribution in [1.82, 2.24) is 0 Å². The second kappa shape index (κ2) is 5.39. The van der Waals surface area contributed by atoms with Gasteiger partial charge in [-0.15, -0.1) is 0 Å². The average molecular weight is 314 g/mol. The van der Waals surface area contributed by atoms with Crippen molar-refractivity contribution >= 4 is 33.3 Å². The fourth-order valence-corrected chi connectivity index (χ4v) is 0.0660. The van der Waals surface area contributed by atoms with E-state index >= 15 is 0 Å². The van der Waals surface area contributed by atoms with Crippen LogP contribution >= 0.6 is 0 Å². The van der Waals surface area contributed by atoms with Crippen LogP contribution in [0.5, 0.6) is 0 Å². The molecule has 8 heavy (non-hydrogen) atoms. The summed E-state index contributed by atoms with van der Waals surface area (Å²) in [5, 5.41) is 7.57. The van der Waals surface area contributed by atoms with Gasteiger partial charge in [-0.05, 0) is 0 Å². The van der Waals surface area contributed by atoms with Crippen molar-refractivity contribution in [2.75, 3.05) is 6.67 Å². The molecule has 45 valence electrons. The Balaban J connectivity index is 0. The zero-order chi connectivity index (χ0) is 5.86. The summed E-state index contributed by atoms with van der Waals surface area (Å²) in [4.78, 5) is 9.32. The molecular weight excluding hydrogens is 310 g/mol. The van der Waals surface area contributed by atoms with Crippen molar-refractivity contribution in [3.05, 3.63) is 0 Å². The van der Waals surface area contributed by atoms with E-state index in [1.807, 2.05) is 0 Å². The van der Waals surface area contributed by atoms with Gasteiger partial charge in [0.2, 0.25) is 6.17 Å². The number of carbonyl (C=O) groups is 1. The minimum atomic E-state index is -2.35. The third-order valence-electron chi connectivity index (χ3n) is 0.403. The number of hydrogen-bond acceptors (Lipinski definition) is 1. The van der Waals surface area contributed by atoms with E-state index in [2.05, 4.69) is 0 Å². The molecule has 0 aliphatic carbocycles. The number of rotatable bonds is 2. The van der Waals surface area contributed by atoms with E-state index in [1.165, 1.54) is 0 Å². The van der Waals surface area contributed by atoms with Crippen LogP contribution in [0.25, 0.3) is 0 Å². The fourth-order valence-electron chi connectivity index (χ4n) is 0.0660. The molecule has 1 N–H and O–H groups in total. The van der Waals surface area contributed by atoms with Crippen LogP contribution in [0.4, 0.5) is 8.78 Å². The molecule has 0 aliphatic heterocycles. The Morgan fingerprint density at radius 1 is 1.75 bits per heavy atom. The zero-order valence-electron chi connectivity index (χ0n) is 3.97. The van der Waals surface area contributed by atoms with Gasteiger partial charge < -0.3 is 5.11 Å². The Hall–Kier alpha value is 0.252. The molecule has 0 saturated heterocycles. The summed E-state index contributed by atoms with van der Waals surface area (Å²) in [6.45, 7) is -1.45. The van der Waals surface area contributed by atoms with E-state index < -0.39 is 18.8 Å². The molecule has 5 heteroatoms. The smallest absolute Gasteiger partial charge is 0.341 e. The summed E-state index contributed by atoms with van der Waals surface area (Å²) in [6, 6.07) is 0. The van der Waals surface area contributed by atoms with Gasteiger partial charge in [0.25, 0.3) is 0 Å². The summed E-state index contributed by atoms with van der Waals surface area (Å²) < 4.78 is 22.2. The minimum Gasteiger partial charge on any atom is -0.479 e. The largest absolute Gasteiger partial charge is 0.479 e. The predicted octanol–water partition coefficient (Wildman–Crippen LogP) is -0.00220. The van der Waals surface area contributed by atoms with Gasteiger partial charge in [-0.25, -0.2) is 13.6 Å². The number of carboxylic acid groups (broad SMARTS) is 1. The number of carboxylic acids is 1. The van der Waals surface area contributed by atoms with E-state index in [0.717, 1.165) is 0 Å². The van der Waals surface area contributed by atoms with Crippen LogP contribution in [0.1, 0.15) is 0 Å². The maximum Gasteiger partial charge on any atom is 0.341 e. The zero-order valence-corrected chi connectivity index (χ0v) is 8.46. The molecule has 1 atom stereocenters. The van der Waals surface area contributed by atoms with Gasteiger partial charge in [0.1, 0.15) is 6.67 Å². The van der Waals surface area contributed by atoms with Gasteiger partial charge in [-0.3, -0.25) is 0 Å². The van der Waals surface area contributed by atoms with Gasteiger partial charge in [-0.2, -0.15) is 0 Å². The van der Waals surface area contributed by atoms with Gasteiger partial charge in [0.05, 0.1) is 0 Å². The maximum atomic E-state index is 11.3. The van der Waals surface area contributed by atoms with Gasteiger partial charge >= 0.3 is 5.97 Å². The Morgan fingerprint density at radius 3 is 2.12 bits per heavy atom. The first-order valence-corrected chi connectivity index (χ1v) is 1.61. The molecule has 1 radical (unpaired) electrons. The standard InChI is InChI=1S/C3H4F2O2.Tl/c4-1-2(5)3(6)7;/h2H,1H2,(H,6,7);. The van der Waals surface area contributed by atoms with Gasteiger partial charge in [-0.1, -0.05) is 0 Å². The quantitative estimate of drug-likeness (QED) is 0.729. The van der Waals surface area contributed by atoms with Gasteiger partial charge in [0.15, 0.2) is 0 Å². The Kier molecular flexibility index (Phi) is 7.48. The second-order valence-corrected chi connectivity index (χ2v) is 0.960. The first-order valence-electron chi connectivity index (χ1n) is 1.61. The van der Waals surface area contributed by atoms with Crippen LogP contribution < -0.4 is 0 Å². The van der Waals surface area contributed by atoms with E-state index in [1.54, 1.807) is 0 Å². The molecule has 1 unspecified atom stereocenters. The second-order valence-electron chi connectivity index (χ2n) is 0.960. The first-order chi connectivity index (χ1) is 3.18. The SMILES string of the molecule is O=C(O)C(F)CF.[Tl]. The molecule has 0 amide bonds. The number of aliphatic carboxylic acids is 1. The molecule has 0 spiro atoms. The molecule has 0 saturated carbocycles. The Morgan fingerprint density at radius 2 is 2.12 bits per heavy atom. The number of alkyl halides is 2. The third kappa shape index (κ3) is 4.41. The summed E-state index contributed by atoms with van der Waals surface area (Å²) in [6.07, 6.45) is -2.35. The Labute approximate surface area is 65.0 Å². The Bertz CT molecular complexity index is 77.7. The molecule has 0 aliphatic rings. The molecule has 0 rings (SSSR count).